The van der Waals surface area contributed by atoms with Crippen molar-refractivity contribution in [1.29, 1.82) is 0 Å². The molecule has 0 spiro atoms. The van der Waals surface area contributed by atoms with Crippen LogP contribution in [-0.4, -0.2) is 19.9 Å². The van der Waals surface area contributed by atoms with Crippen molar-refractivity contribution in [3.05, 3.63) is 0 Å². The average molecular weight is 194 g/mol. The molecule has 0 aromatic rings. The summed E-state index contributed by atoms with van der Waals surface area (Å²) in [6.07, 6.45) is 0. The number of rotatable bonds is 4. The van der Waals surface area contributed by atoms with Crippen molar-refractivity contribution in [2.24, 2.45) is 5.41 Å². The summed E-state index contributed by atoms with van der Waals surface area (Å²) in [4.78, 5) is 0. The Kier molecular flexibility index (Phi) is 4.46. The van der Waals surface area contributed by atoms with Crippen LogP contribution in [0.5, 0.6) is 0 Å². The fraction of sp³-hybridized carbons (Fsp3) is 1.00. The van der Waals surface area contributed by atoms with Crippen molar-refractivity contribution < 1.29 is 13.6 Å². The molecule has 74 valence electrons. The molecule has 0 aliphatic rings. The highest BCUT2D eigenvalue weighted by Crippen LogP contribution is 2.44. The van der Waals surface area contributed by atoms with Crippen molar-refractivity contribution in [3.8, 4) is 0 Å². The first-order chi connectivity index (χ1) is 5.27. The van der Waals surface area contributed by atoms with Crippen molar-refractivity contribution in [2.45, 2.75) is 27.7 Å². The predicted octanol–water partition coefficient (Wildman–Crippen LogP) is 2.91. The standard InChI is InChI=1S/C8H19O3P/c1-6-10-12(5,9)11-7-8(2,3)4/h6-7H2,1-5H3. The third-order valence-electron chi connectivity index (χ3n) is 1.10. The van der Waals surface area contributed by atoms with Crippen LogP contribution in [0.4, 0.5) is 0 Å². The van der Waals surface area contributed by atoms with Gasteiger partial charge < -0.3 is 9.05 Å². The first-order valence-corrected chi connectivity index (χ1v) is 6.12. The maximum absolute atomic E-state index is 11.4. The minimum Gasteiger partial charge on any atom is -0.309 e. The van der Waals surface area contributed by atoms with E-state index in [0.717, 1.165) is 0 Å². The summed E-state index contributed by atoms with van der Waals surface area (Å²) in [7, 11) is -2.79. The van der Waals surface area contributed by atoms with E-state index in [-0.39, 0.29) is 5.41 Å². The predicted molar refractivity (Wildman–Crippen MR) is 50.6 cm³/mol. The summed E-state index contributed by atoms with van der Waals surface area (Å²) in [6, 6.07) is 0. The largest absolute Gasteiger partial charge is 0.327 e. The Bertz CT molecular complexity index is 172. The van der Waals surface area contributed by atoms with Crippen LogP contribution in [0, 0.1) is 5.41 Å². The summed E-state index contributed by atoms with van der Waals surface area (Å²) in [5, 5.41) is 0. The van der Waals surface area contributed by atoms with E-state index in [0.29, 0.717) is 13.2 Å². The molecule has 4 heteroatoms. The van der Waals surface area contributed by atoms with Gasteiger partial charge in [-0.15, -0.1) is 0 Å². The van der Waals surface area contributed by atoms with Crippen LogP contribution >= 0.6 is 7.60 Å². The van der Waals surface area contributed by atoms with E-state index < -0.39 is 7.60 Å². The fourth-order valence-corrected chi connectivity index (χ4v) is 1.75. The van der Waals surface area contributed by atoms with Crippen molar-refractivity contribution in [1.82, 2.24) is 0 Å². The van der Waals surface area contributed by atoms with Gasteiger partial charge in [0.2, 0.25) is 0 Å². The second-order valence-corrected chi connectivity index (χ2v) is 6.08. The Morgan fingerprint density at radius 3 is 2.08 bits per heavy atom. The Morgan fingerprint density at radius 2 is 1.75 bits per heavy atom. The van der Waals surface area contributed by atoms with Crippen LogP contribution in [-0.2, 0) is 13.6 Å². The second-order valence-electron chi connectivity index (χ2n) is 4.02. The van der Waals surface area contributed by atoms with Gasteiger partial charge in [0, 0.05) is 6.66 Å². The van der Waals surface area contributed by atoms with E-state index in [2.05, 4.69) is 0 Å². The van der Waals surface area contributed by atoms with E-state index in [1.807, 2.05) is 20.8 Å². The minimum absolute atomic E-state index is 0.0305. The van der Waals surface area contributed by atoms with Gasteiger partial charge in [-0.05, 0) is 12.3 Å². The summed E-state index contributed by atoms with van der Waals surface area (Å²) in [5.41, 5.74) is 0.0305. The van der Waals surface area contributed by atoms with Crippen LogP contribution in [0.2, 0.25) is 0 Å². The Hall–Kier alpha value is 0.150. The highest BCUT2D eigenvalue weighted by Gasteiger charge is 2.20. The van der Waals surface area contributed by atoms with Crippen LogP contribution in [0.15, 0.2) is 0 Å². The molecule has 1 unspecified atom stereocenters. The van der Waals surface area contributed by atoms with E-state index in [1.165, 1.54) is 6.66 Å². The van der Waals surface area contributed by atoms with Gasteiger partial charge in [-0.3, -0.25) is 4.57 Å². The third kappa shape index (κ3) is 6.84. The zero-order valence-electron chi connectivity index (χ0n) is 8.59. The van der Waals surface area contributed by atoms with Crippen LogP contribution in [0.25, 0.3) is 0 Å². The van der Waals surface area contributed by atoms with Crippen LogP contribution in [0.1, 0.15) is 27.7 Å². The van der Waals surface area contributed by atoms with Crippen LogP contribution in [0.3, 0.4) is 0 Å². The maximum atomic E-state index is 11.4. The third-order valence-corrected chi connectivity index (χ3v) is 2.42. The number of hydrogen-bond acceptors (Lipinski definition) is 3. The molecule has 0 saturated heterocycles. The SMILES string of the molecule is CCOP(C)(=O)OCC(C)(C)C. The van der Waals surface area contributed by atoms with Gasteiger partial charge in [0.25, 0.3) is 0 Å². The quantitative estimate of drug-likeness (QED) is 0.645. The van der Waals surface area contributed by atoms with Crippen molar-refractivity contribution in [2.75, 3.05) is 19.9 Å². The molecule has 0 radical (unpaired) electrons. The smallest absolute Gasteiger partial charge is 0.309 e. The highest BCUT2D eigenvalue weighted by molar-refractivity contribution is 7.52. The number of hydrogen-bond donors (Lipinski definition) is 0. The minimum atomic E-state index is -2.79. The molecule has 3 nitrogen and oxygen atoms in total. The molecule has 0 N–H and O–H groups in total. The molecule has 0 bridgehead atoms. The molecule has 0 aliphatic carbocycles. The second kappa shape index (κ2) is 4.40. The lowest BCUT2D eigenvalue weighted by atomic mass is 9.99. The Morgan fingerprint density at radius 1 is 1.25 bits per heavy atom. The molecular formula is C8H19O3P. The van der Waals surface area contributed by atoms with E-state index in [1.54, 1.807) is 6.92 Å². The molecular weight excluding hydrogens is 175 g/mol. The summed E-state index contributed by atoms with van der Waals surface area (Å²) in [6.45, 7) is 10.3. The molecule has 0 rings (SSSR count). The van der Waals surface area contributed by atoms with Crippen LogP contribution < -0.4 is 0 Å². The van der Waals surface area contributed by atoms with Gasteiger partial charge in [-0.25, -0.2) is 0 Å². The van der Waals surface area contributed by atoms with Gasteiger partial charge in [0.05, 0.1) is 13.2 Å². The molecule has 0 fully saturated rings. The Balaban J connectivity index is 3.84. The van der Waals surface area contributed by atoms with E-state index in [9.17, 15) is 4.57 Å². The molecule has 0 aromatic heterocycles. The van der Waals surface area contributed by atoms with Crippen molar-refractivity contribution >= 4 is 7.60 Å². The van der Waals surface area contributed by atoms with Gasteiger partial charge in [0.1, 0.15) is 0 Å². The fourth-order valence-electron chi connectivity index (χ4n) is 0.583. The molecule has 12 heavy (non-hydrogen) atoms. The normalized spacial score (nSPS) is 17.4. The summed E-state index contributed by atoms with van der Waals surface area (Å²) >= 11 is 0. The summed E-state index contributed by atoms with van der Waals surface area (Å²) < 4.78 is 21.5. The van der Waals surface area contributed by atoms with Gasteiger partial charge in [-0.1, -0.05) is 20.8 Å². The van der Waals surface area contributed by atoms with Gasteiger partial charge in [0.15, 0.2) is 0 Å². The Labute approximate surface area is 75.0 Å². The maximum Gasteiger partial charge on any atom is 0.327 e. The van der Waals surface area contributed by atoms with E-state index >= 15 is 0 Å². The zero-order chi connectivity index (χ0) is 9.83. The first kappa shape index (κ1) is 12.2. The van der Waals surface area contributed by atoms with Gasteiger partial charge >= 0.3 is 7.60 Å². The first-order valence-electron chi connectivity index (χ1n) is 4.13. The molecule has 0 amide bonds. The average Bonchev–Trinajstić information content (AvgIpc) is 1.83. The lowest BCUT2D eigenvalue weighted by molar-refractivity contribution is 0.157. The van der Waals surface area contributed by atoms with Crippen molar-refractivity contribution in [3.63, 3.8) is 0 Å². The summed E-state index contributed by atoms with van der Waals surface area (Å²) in [5.74, 6) is 0. The monoisotopic (exact) mass is 194 g/mol. The van der Waals surface area contributed by atoms with Gasteiger partial charge in [-0.2, -0.15) is 0 Å². The molecule has 0 aromatic carbocycles. The topological polar surface area (TPSA) is 35.5 Å². The molecule has 1 atom stereocenters. The highest BCUT2D eigenvalue weighted by atomic mass is 31.2. The zero-order valence-corrected chi connectivity index (χ0v) is 9.48. The lowest BCUT2D eigenvalue weighted by Gasteiger charge is -2.21. The molecule has 0 saturated carbocycles. The molecule has 0 heterocycles. The lowest BCUT2D eigenvalue weighted by Crippen LogP contribution is -2.13. The van der Waals surface area contributed by atoms with E-state index in [4.69, 9.17) is 9.05 Å². The molecule has 0 aliphatic heterocycles.